The Kier molecular flexibility index (Phi) is 8.98. The highest BCUT2D eigenvalue weighted by atomic mass is 35.5. The molecule has 2 heterocycles. The molecule has 1 atom stereocenters. The molecule has 0 saturated heterocycles. The number of carbonyl (C=O) groups excluding carboxylic acids is 1. The first-order chi connectivity index (χ1) is 21.2. The normalized spacial score (nSPS) is 22.1. The van der Waals surface area contributed by atoms with Crippen LogP contribution in [0.5, 0.6) is 0 Å². The zero-order valence-corrected chi connectivity index (χ0v) is 28.9. The van der Waals surface area contributed by atoms with E-state index in [1.54, 1.807) is 24.3 Å². The van der Waals surface area contributed by atoms with Crippen LogP contribution in [0.3, 0.4) is 0 Å². The smallest absolute Gasteiger partial charge is 0.264 e. The van der Waals surface area contributed by atoms with E-state index in [0.29, 0.717) is 15.7 Å². The summed E-state index contributed by atoms with van der Waals surface area (Å²) in [7, 11) is -8.35. The first-order valence-corrected chi connectivity index (χ1v) is 18.7. The number of Topliss-reactive ketones (excluding diaryl/α,β-unsaturated/α-hetero) is 1. The quantitative estimate of drug-likeness (QED) is 0.197. The highest BCUT2D eigenvalue weighted by molar-refractivity contribution is 7.86. The van der Waals surface area contributed by atoms with Crippen molar-refractivity contribution < 1.29 is 35.8 Å². The van der Waals surface area contributed by atoms with Crippen LogP contribution in [0.1, 0.15) is 51.7 Å². The predicted octanol–water partition coefficient (Wildman–Crippen LogP) is 6.02. The third-order valence-corrected chi connectivity index (χ3v) is 11.2. The average molecular weight is 712 g/mol. The largest absolute Gasteiger partial charge is 0.506 e. The summed E-state index contributed by atoms with van der Waals surface area (Å²) in [5.41, 5.74) is 2.99. The summed E-state index contributed by atoms with van der Waals surface area (Å²) < 4.78 is 64.3. The molecule has 3 N–H and O–H groups in total. The van der Waals surface area contributed by atoms with Crippen LogP contribution in [0, 0.1) is 0 Å². The molecule has 2 aliphatic heterocycles. The first-order valence-electron chi connectivity index (χ1n) is 14.7. The third kappa shape index (κ3) is 6.48. The van der Waals surface area contributed by atoms with Crippen LogP contribution < -0.4 is 9.80 Å². The van der Waals surface area contributed by atoms with Gasteiger partial charge >= 0.3 is 0 Å². The van der Waals surface area contributed by atoms with Crippen molar-refractivity contribution in [3.05, 3.63) is 92.3 Å². The minimum absolute atomic E-state index is 0.0993. The number of fused-ring (bicyclic) bond motifs is 2. The maximum absolute atomic E-state index is 13.7. The Bertz CT molecular complexity index is 1930. The maximum Gasteiger partial charge on any atom is 0.264 e. The van der Waals surface area contributed by atoms with Crippen LogP contribution >= 0.6 is 23.2 Å². The Morgan fingerprint density at radius 1 is 0.848 bits per heavy atom. The molecule has 0 amide bonds. The van der Waals surface area contributed by atoms with Crippen molar-refractivity contribution in [1.82, 2.24) is 0 Å². The van der Waals surface area contributed by atoms with E-state index in [1.807, 2.05) is 61.8 Å². The Balaban J connectivity index is 1.52. The Morgan fingerprint density at radius 2 is 1.39 bits per heavy atom. The Morgan fingerprint density at radius 3 is 1.96 bits per heavy atom. The van der Waals surface area contributed by atoms with E-state index in [2.05, 4.69) is 0 Å². The average Bonchev–Trinajstić information content (AvgIpc) is 3.26. The SMILES string of the molecule is CC1(C)/C(=C\C2=C(O)C(=CC3N(CCCS(=O)(=O)O)c4ccc(Cl)cc4C3(C)C)C2=O)N(CCCS(=O)(=O)O)c2ccc(Cl)cc21. The second kappa shape index (κ2) is 12.0. The lowest BCUT2D eigenvalue weighted by Crippen LogP contribution is -2.42. The van der Waals surface area contributed by atoms with E-state index in [0.717, 1.165) is 22.5 Å². The lowest BCUT2D eigenvalue weighted by atomic mass is 9.76. The second-order valence-electron chi connectivity index (χ2n) is 12.9. The van der Waals surface area contributed by atoms with Crippen molar-refractivity contribution in [2.45, 2.75) is 57.4 Å². The number of hydrogen-bond acceptors (Lipinski definition) is 8. The minimum Gasteiger partial charge on any atom is -0.506 e. The number of aliphatic hydroxyl groups excluding tert-OH is 1. The summed E-state index contributed by atoms with van der Waals surface area (Å²) in [6, 6.07) is 10.3. The monoisotopic (exact) mass is 710 g/mol. The number of anilines is 2. The molecule has 10 nitrogen and oxygen atoms in total. The van der Waals surface area contributed by atoms with E-state index >= 15 is 0 Å². The van der Waals surface area contributed by atoms with Crippen molar-refractivity contribution in [1.29, 1.82) is 0 Å². The van der Waals surface area contributed by atoms with E-state index in [-0.39, 0.29) is 48.6 Å². The van der Waals surface area contributed by atoms with Gasteiger partial charge in [0.15, 0.2) is 5.78 Å². The van der Waals surface area contributed by atoms with Crippen molar-refractivity contribution in [2.24, 2.45) is 0 Å². The highest BCUT2D eigenvalue weighted by Gasteiger charge is 2.46. The zero-order valence-electron chi connectivity index (χ0n) is 25.8. The number of halogens is 2. The fraction of sp³-hybridized carbons (Fsp3) is 0.406. The summed E-state index contributed by atoms with van der Waals surface area (Å²) >= 11 is 12.6. The second-order valence-corrected chi connectivity index (χ2v) is 17.0. The number of aliphatic hydroxyl groups is 1. The molecule has 2 aromatic rings. The van der Waals surface area contributed by atoms with Crippen molar-refractivity contribution in [3.8, 4) is 0 Å². The lowest BCUT2D eigenvalue weighted by molar-refractivity contribution is -0.113. The van der Waals surface area contributed by atoms with Gasteiger partial charge in [-0.2, -0.15) is 16.8 Å². The van der Waals surface area contributed by atoms with Gasteiger partial charge in [-0.3, -0.25) is 13.9 Å². The number of ketones is 1. The summed E-state index contributed by atoms with van der Waals surface area (Å²) in [5.74, 6) is -1.44. The molecular formula is C32H36Cl2N2O8S2. The summed E-state index contributed by atoms with van der Waals surface area (Å²) in [5, 5.41) is 12.3. The molecule has 1 aliphatic carbocycles. The minimum atomic E-state index is -4.18. The van der Waals surface area contributed by atoms with E-state index in [1.165, 1.54) is 0 Å². The van der Waals surface area contributed by atoms with Gasteiger partial charge < -0.3 is 14.9 Å². The Labute approximate surface area is 279 Å². The number of nitrogens with zero attached hydrogens (tertiary/aromatic N) is 2. The standard InChI is InChI=1S/C32H36Cl2N2O8S2/c1-31(2)23-15-19(33)7-9-25(23)35(11-5-13-45(39,40)41)27(31)17-21-29(37)22(30(21)38)18-28-32(3,4)24-16-20(34)8-10-26(24)36(28)12-6-14-46(42,43)44/h7-10,15-18,27,37H,5-6,11-14H2,1-4H3,(H,39,40,41)(H,42,43,44)/b21-17?,28-18+. The zero-order chi connectivity index (χ0) is 34.0. The molecule has 1 unspecified atom stereocenters. The van der Waals surface area contributed by atoms with Gasteiger partial charge in [-0.25, -0.2) is 0 Å². The molecule has 46 heavy (non-hydrogen) atoms. The number of benzene rings is 2. The number of allylic oxidation sites excluding steroid dienone is 4. The molecule has 3 aliphatic rings. The van der Waals surface area contributed by atoms with E-state index in [4.69, 9.17) is 23.2 Å². The topological polar surface area (TPSA) is 153 Å². The van der Waals surface area contributed by atoms with Crippen molar-refractivity contribution >= 4 is 60.6 Å². The fourth-order valence-corrected chi connectivity index (χ4v) is 8.06. The van der Waals surface area contributed by atoms with E-state index in [9.17, 15) is 35.8 Å². The fourth-order valence-electron chi connectivity index (χ4n) is 6.73. The van der Waals surface area contributed by atoms with Gasteiger partial charge in [-0.1, -0.05) is 50.9 Å². The van der Waals surface area contributed by atoms with Gasteiger partial charge in [-0.05, 0) is 72.5 Å². The van der Waals surface area contributed by atoms with Gasteiger partial charge in [0.25, 0.3) is 20.2 Å². The molecule has 0 fully saturated rings. The first kappa shape index (κ1) is 34.5. The molecule has 248 valence electrons. The van der Waals surface area contributed by atoms with Crippen LogP contribution in [0.15, 0.2) is 71.2 Å². The molecule has 0 saturated carbocycles. The van der Waals surface area contributed by atoms with Crippen LogP contribution in [0.2, 0.25) is 10.0 Å². The molecule has 5 rings (SSSR count). The predicted molar refractivity (Wildman–Crippen MR) is 180 cm³/mol. The molecule has 0 bridgehead atoms. The Hall–Kier alpha value is -2.87. The van der Waals surface area contributed by atoms with Crippen molar-refractivity contribution in [2.75, 3.05) is 34.4 Å². The molecule has 2 aromatic carbocycles. The number of rotatable bonds is 10. The van der Waals surface area contributed by atoms with E-state index < -0.39 is 48.6 Å². The third-order valence-electron chi connectivity index (χ3n) is 9.08. The van der Waals surface area contributed by atoms with Crippen LogP contribution in [0.4, 0.5) is 11.4 Å². The lowest BCUT2D eigenvalue weighted by Gasteiger charge is -2.34. The van der Waals surface area contributed by atoms with Gasteiger partial charge in [-0.15, -0.1) is 0 Å². The highest BCUT2D eigenvalue weighted by Crippen LogP contribution is 2.51. The maximum atomic E-state index is 13.7. The van der Waals surface area contributed by atoms with Crippen molar-refractivity contribution in [3.63, 3.8) is 0 Å². The summed E-state index contributed by atoms with van der Waals surface area (Å²) in [6.07, 6.45) is 3.57. The number of hydrogen-bond donors (Lipinski definition) is 3. The summed E-state index contributed by atoms with van der Waals surface area (Å²) in [6.45, 7) is 8.34. The van der Waals surface area contributed by atoms with Crippen LogP contribution in [-0.2, 0) is 35.9 Å². The van der Waals surface area contributed by atoms with Gasteiger partial charge in [0.05, 0.1) is 28.7 Å². The van der Waals surface area contributed by atoms with Gasteiger partial charge in [0, 0.05) is 51.0 Å². The summed E-state index contributed by atoms with van der Waals surface area (Å²) in [4.78, 5) is 17.5. The van der Waals surface area contributed by atoms with Crippen LogP contribution in [-0.4, -0.2) is 67.5 Å². The molecule has 0 spiro atoms. The van der Waals surface area contributed by atoms with Gasteiger partial charge in [0.1, 0.15) is 5.76 Å². The molecular weight excluding hydrogens is 675 g/mol. The van der Waals surface area contributed by atoms with Gasteiger partial charge in [0.2, 0.25) is 0 Å². The molecule has 0 aromatic heterocycles. The number of carbonyl (C=O) groups is 1. The molecule has 0 radical (unpaired) electrons. The van der Waals surface area contributed by atoms with Crippen LogP contribution in [0.25, 0.3) is 0 Å². The molecule has 14 heteroatoms.